The second kappa shape index (κ2) is 8.48. The zero-order valence-corrected chi connectivity index (χ0v) is 16.5. The summed E-state index contributed by atoms with van der Waals surface area (Å²) in [5.41, 5.74) is 2.02. The van der Waals surface area contributed by atoms with Crippen LogP contribution in [0.1, 0.15) is 24.7 Å². The summed E-state index contributed by atoms with van der Waals surface area (Å²) in [5.74, 6) is -1.83. The third-order valence-electron chi connectivity index (χ3n) is 3.95. The van der Waals surface area contributed by atoms with Crippen molar-refractivity contribution in [1.82, 2.24) is 0 Å². The van der Waals surface area contributed by atoms with Crippen LogP contribution in [0, 0.1) is 11.6 Å². The summed E-state index contributed by atoms with van der Waals surface area (Å²) in [4.78, 5) is 0. The topological polar surface area (TPSA) is 9.23 Å². The zero-order valence-electron chi connectivity index (χ0n) is 14.8. The van der Waals surface area contributed by atoms with Crippen LogP contribution in [-0.4, -0.2) is 21.1 Å². The van der Waals surface area contributed by atoms with E-state index in [0.29, 0.717) is 12.2 Å². The van der Waals surface area contributed by atoms with E-state index in [4.69, 9.17) is 4.74 Å². The van der Waals surface area contributed by atoms with Crippen LogP contribution in [0.5, 0.6) is 5.75 Å². The minimum absolute atomic E-state index is 0.0360. The van der Waals surface area contributed by atoms with Gasteiger partial charge in [-0.1, -0.05) is 6.92 Å². The Morgan fingerprint density at radius 1 is 0.923 bits per heavy atom. The maximum absolute atomic E-state index is 14.4. The number of benzene rings is 2. The van der Waals surface area contributed by atoms with Crippen LogP contribution in [0.15, 0.2) is 54.6 Å². The Morgan fingerprint density at radius 3 is 2.35 bits per heavy atom. The van der Waals surface area contributed by atoms with Gasteiger partial charge in [0.05, 0.1) is 0 Å². The van der Waals surface area contributed by atoms with Crippen LogP contribution < -0.4 is 4.74 Å². The predicted molar refractivity (Wildman–Crippen MR) is 105 cm³/mol. The van der Waals surface area contributed by atoms with Gasteiger partial charge in [-0.05, 0) is 0 Å². The molecule has 26 heavy (non-hydrogen) atoms. The third-order valence-corrected chi connectivity index (χ3v) is 6.25. The molecule has 0 saturated carbocycles. The zero-order chi connectivity index (χ0) is 18.5. The molecular weight excluding hydrogens is 397 g/mol. The van der Waals surface area contributed by atoms with Gasteiger partial charge < -0.3 is 0 Å². The molecular formula is C22H20F2OSe. The quantitative estimate of drug-likeness (QED) is 0.436. The Bertz CT molecular complexity index is 910. The summed E-state index contributed by atoms with van der Waals surface area (Å²) in [6.07, 6.45) is 4.91. The molecule has 0 spiro atoms. The van der Waals surface area contributed by atoms with E-state index in [1.54, 1.807) is 6.07 Å². The average Bonchev–Trinajstić information content (AvgIpc) is 3.12. The van der Waals surface area contributed by atoms with Gasteiger partial charge in [-0.15, -0.1) is 0 Å². The molecule has 0 aliphatic carbocycles. The Hall–Kier alpha value is -2.16. The van der Waals surface area contributed by atoms with Gasteiger partial charge in [0.15, 0.2) is 0 Å². The van der Waals surface area contributed by atoms with Crippen LogP contribution >= 0.6 is 0 Å². The summed E-state index contributed by atoms with van der Waals surface area (Å²) in [6, 6.07) is 14.9. The van der Waals surface area contributed by atoms with Gasteiger partial charge in [0.2, 0.25) is 0 Å². The van der Waals surface area contributed by atoms with Crippen LogP contribution in [-0.2, 0) is 0 Å². The summed E-state index contributed by atoms with van der Waals surface area (Å²) in [6.45, 7) is 4.29. The van der Waals surface area contributed by atoms with Crippen molar-refractivity contribution in [2.75, 3.05) is 6.61 Å². The van der Waals surface area contributed by atoms with E-state index in [-0.39, 0.29) is 25.8 Å². The normalized spacial score (nSPS) is 11.2. The van der Waals surface area contributed by atoms with Gasteiger partial charge in [-0.25, -0.2) is 0 Å². The van der Waals surface area contributed by atoms with Gasteiger partial charge in [0, 0.05) is 0 Å². The molecule has 0 aliphatic rings. The molecule has 0 saturated heterocycles. The van der Waals surface area contributed by atoms with Crippen molar-refractivity contribution in [1.29, 1.82) is 0 Å². The molecule has 0 radical (unpaired) electrons. The fourth-order valence-corrected chi connectivity index (χ4v) is 4.72. The molecule has 0 unspecified atom stereocenters. The Labute approximate surface area is 158 Å². The SMILES string of the molecule is C/C=C/c1ccc(-c2ccc(-c3ccc(OCCC)c(F)c3F)cc2)[se]1. The molecule has 4 heteroatoms. The van der Waals surface area contributed by atoms with E-state index in [1.807, 2.05) is 44.2 Å². The summed E-state index contributed by atoms with van der Waals surface area (Å²) < 4.78 is 36.5. The van der Waals surface area contributed by atoms with Crippen molar-refractivity contribution >= 4 is 20.6 Å². The first kappa shape index (κ1) is 18.6. The molecule has 2 aromatic carbocycles. The van der Waals surface area contributed by atoms with Gasteiger partial charge in [0.1, 0.15) is 0 Å². The molecule has 3 aromatic rings. The van der Waals surface area contributed by atoms with Gasteiger partial charge in [-0.3, -0.25) is 0 Å². The molecule has 1 aromatic heterocycles. The predicted octanol–water partition coefficient (Wildman–Crippen LogP) is 6.18. The van der Waals surface area contributed by atoms with Crippen molar-refractivity contribution in [3.05, 3.63) is 70.7 Å². The first-order chi connectivity index (χ1) is 12.6. The number of rotatable bonds is 6. The average molecular weight is 417 g/mol. The Balaban J connectivity index is 1.87. The second-order valence-corrected chi connectivity index (χ2v) is 8.21. The molecule has 0 aliphatic heterocycles. The number of hydrogen-bond acceptors (Lipinski definition) is 1. The van der Waals surface area contributed by atoms with Crippen molar-refractivity contribution < 1.29 is 13.5 Å². The number of allylic oxidation sites excluding steroid dienone is 1. The Morgan fingerprint density at radius 2 is 1.65 bits per heavy atom. The molecule has 0 amide bonds. The van der Waals surface area contributed by atoms with Crippen molar-refractivity contribution in [3.8, 4) is 26.9 Å². The standard InChI is InChI=1S/C22H20F2OSe/c1-3-5-17-10-13-20(26-17)16-8-6-15(7-9-16)18-11-12-19(25-14-4-2)22(24)21(18)23/h3,5-13H,4,14H2,1-2H3/b5-3+. The van der Waals surface area contributed by atoms with E-state index < -0.39 is 11.6 Å². The molecule has 0 atom stereocenters. The Kier molecular flexibility index (Phi) is 6.08. The first-order valence-electron chi connectivity index (χ1n) is 8.58. The number of halogens is 2. The van der Waals surface area contributed by atoms with Crippen molar-refractivity contribution in [3.63, 3.8) is 0 Å². The van der Waals surface area contributed by atoms with Gasteiger partial charge >= 0.3 is 152 Å². The van der Waals surface area contributed by atoms with E-state index in [9.17, 15) is 8.78 Å². The third kappa shape index (κ3) is 3.98. The van der Waals surface area contributed by atoms with Crippen molar-refractivity contribution in [2.45, 2.75) is 20.3 Å². The second-order valence-electron chi connectivity index (χ2n) is 5.87. The summed E-state index contributed by atoms with van der Waals surface area (Å²) in [5, 5.41) is 0. The van der Waals surface area contributed by atoms with Gasteiger partial charge in [-0.2, -0.15) is 0 Å². The van der Waals surface area contributed by atoms with E-state index >= 15 is 0 Å². The molecule has 0 bridgehead atoms. The minimum atomic E-state index is -0.929. The number of ether oxygens (including phenoxy) is 1. The summed E-state index contributed by atoms with van der Waals surface area (Å²) in [7, 11) is 0. The van der Waals surface area contributed by atoms with E-state index in [1.165, 1.54) is 14.9 Å². The fraction of sp³-hybridized carbons (Fsp3) is 0.182. The molecule has 1 nitrogen and oxygen atoms in total. The molecule has 3 rings (SSSR count). The molecule has 0 fully saturated rings. The van der Waals surface area contributed by atoms with Crippen LogP contribution in [0.2, 0.25) is 0 Å². The van der Waals surface area contributed by atoms with Gasteiger partial charge in [0.25, 0.3) is 0 Å². The molecule has 1 heterocycles. The van der Waals surface area contributed by atoms with Crippen LogP contribution in [0.4, 0.5) is 8.78 Å². The molecule has 134 valence electrons. The maximum atomic E-state index is 14.4. The van der Waals surface area contributed by atoms with Crippen molar-refractivity contribution in [2.24, 2.45) is 0 Å². The van der Waals surface area contributed by atoms with E-state index in [2.05, 4.69) is 18.2 Å². The van der Waals surface area contributed by atoms with E-state index in [0.717, 1.165) is 12.0 Å². The summed E-state index contributed by atoms with van der Waals surface area (Å²) >= 11 is 0.281. The molecule has 0 N–H and O–H groups in total. The monoisotopic (exact) mass is 418 g/mol. The number of hydrogen-bond donors (Lipinski definition) is 0. The van der Waals surface area contributed by atoms with Crippen LogP contribution in [0.25, 0.3) is 27.2 Å². The fourth-order valence-electron chi connectivity index (χ4n) is 2.65. The first-order valence-corrected chi connectivity index (χ1v) is 10.3. The van der Waals surface area contributed by atoms with Crippen LogP contribution in [0.3, 0.4) is 0 Å².